The minimum atomic E-state index is -5.02. The van der Waals surface area contributed by atoms with Crippen molar-refractivity contribution in [2.24, 2.45) is 5.10 Å². The zero-order chi connectivity index (χ0) is 21.4. The summed E-state index contributed by atoms with van der Waals surface area (Å²) in [5.74, 6) is -0.325. The van der Waals surface area contributed by atoms with Gasteiger partial charge in [0.05, 0.1) is 0 Å². The Morgan fingerprint density at radius 2 is 1.79 bits per heavy atom. The Labute approximate surface area is 166 Å². The van der Waals surface area contributed by atoms with Gasteiger partial charge in [-0.15, -0.1) is 0 Å². The van der Waals surface area contributed by atoms with E-state index in [0.717, 1.165) is 16.7 Å². The summed E-state index contributed by atoms with van der Waals surface area (Å²) in [5, 5.41) is 13.8. The van der Waals surface area contributed by atoms with Gasteiger partial charge >= 0.3 is 6.18 Å². The molecule has 1 aliphatic rings. The van der Waals surface area contributed by atoms with E-state index in [1.807, 2.05) is 32.0 Å². The van der Waals surface area contributed by atoms with E-state index in [4.69, 9.17) is 4.74 Å². The van der Waals surface area contributed by atoms with Crippen molar-refractivity contribution >= 4 is 11.6 Å². The monoisotopic (exact) mass is 406 g/mol. The summed E-state index contributed by atoms with van der Waals surface area (Å²) in [5.41, 5.74) is -0.329. The maximum absolute atomic E-state index is 13.3. The summed E-state index contributed by atoms with van der Waals surface area (Å²) in [6.45, 7) is 5.55. The minimum Gasteiger partial charge on any atom is -0.489 e. The van der Waals surface area contributed by atoms with Crippen LogP contribution in [0, 0.1) is 13.8 Å². The van der Waals surface area contributed by atoms with Crippen LogP contribution in [0.1, 0.15) is 40.4 Å². The SMILES string of the molecule is CC1=NN(C(=O)c2ccc(COc3ccc(C)c(C)c3)cc2)[C@@](O)(C(F)(F)F)C1. The molecular weight excluding hydrogens is 385 g/mol. The quantitative estimate of drug-likeness (QED) is 0.821. The summed E-state index contributed by atoms with van der Waals surface area (Å²) in [4.78, 5) is 12.5. The highest BCUT2D eigenvalue weighted by atomic mass is 19.4. The molecule has 29 heavy (non-hydrogen) atoms. The lowest BCUT2D eigenvalue weighted by atomic mass is 10.1. The van der Waals surface area contributed by atoms with Crippen LogP contribution < -0.4 is 4.74 Å². The third-order valence-corrected chi connectivity index (χ3v) is 4.85. The first kappa shape index (κ1) is 20.9. The molecule has 2 aromatic rings. The Morgan fingerprint density at radius 1 is 1.14 bits per heavy atom. The summed E-state index contributed by atoms with van der Waals surface area (Å²) in [7, 11) is 0. The lowest BCUT2D eigenvalue weighted by Gasteiger charge is -2.32. The van der Waals surface area contributed by atoms with Crippen molar-refractivity contribution < 1.29 is 27.8 Å². The molecular formula is C21H21F3N2O3. The van der Waals surface area contributed by atoms with Crippen LogP contribution in [-0.2, 0) is 6.61 Å². The Balaban J connectivity index is 1.72. The minimum absolute atomic E-state index is 0.0129. The Morgan fingerprint density at radius 3 is 2.38 bits per heavy atom. The maximum Gasteiger partial charge on any atom is 0.438 e. The second kappa shape index (κ2) is 7.51. The van der Waals surface area contributed by atoms with Gasteiger partial charge in [0.15, 0.2) is 0 Å². The first-order valence-electron chi connectivity index (χ1n) is 8.98. The predicted octanol–water partition coefficient (Wildman–Crippen LogP) is 4.36. The molecule has 0 aromatic heterocycles. The van der Waals surface area contributed by atoms with Gasteiger partial charge in [0.25, 0.3) is 11.6 Å². The molecule has 1 heterocycles. The number of aryl methyl sites for hydroxylation is 2. The third-order valence-electron chi connectivity index (χ3n) is 4.85. The molecule has 1 atom stereocenters. The van der Waals surface area contributed by atoms with Gasteiger partial charge in [0.2, 0.25) is 0 Å². The van der Waals surface area contributed by atoms with E-state index < -0.39 is 24.2 Å². The number of halogens is 3. The van der Waals surface area contributed by atoms with E-state index in [2.05, 4.69) is 5.10 Å². The molecule has 5 nitrogen and oxygen atoms in total. The molecule has 1 aliphatic heterocycles. The highest BCUT2D eigenvalue weighted by molar-refractivity contribution is 5.97. The molecule has 0 aliphatic carbocycles. The van der Waals surface area contributed by atoms with Crippen molar-refractivity contribution in [3.05, 3.63) is 64.7 Å². The fourth-order valence-corrected chi connectivity index (χ4v) is 2.99. The van der Waals surface area contributed by atoms with Gasteiger partial charge in [0.1, 0.15) is 12.4 Å². The molecule has 2 aromatic carbocycles. The lowest BCUT2D eigenvalue weighted by molar-refractivity contribution is -0.297. The number of rotatable bonds is 4. The zero-order valence-corrected chi connectivity index (χ0v) is 16.2. The van der Waals surface area contributed by atoms with Gasteiger partial charge < -0.3 is 9.84 Å². The van der Waals surface area contributed by atoms with Crippen LogP contribution in [-0.4, -0.2) is 33.6 Å². The van der Waals surface area contributed by atoms with Gasteiger partial charge in [-0.3, -0.25) is 4.79 Å². The van der Waals surface area contributed by atoms with Crippen LogP contribution in [0.15, 0.2) is 47.6 Å². The summed E-state index contributed by atoms with van der Waals surface area (Å²) >= 11 is 0. The molecule has 154 valence electrons. The van der Waals surface area contributed by atoms with Gasteiger partial charge in [0, 0.05) is 17.7 Å². The van der Waals surface area contributed by atoms with E-state index in [1.165, 1.54) is 19.1 Å². The zero-order valence-electron chi connectivity index (χ0n) is 16.2. The number of carbonyl (C=O) groups excluding carboxylic acids is 1. The number of alkyl halides is 3. The molecule has 0 spiro atoms. The molecule has 0 fully saturated rings. The Hall–Kier alpha value is -2.87. The summed E-state index contributed by atoms with van der Waals surface area (Å²) < 4.78 is 45.6. The molecule has 3 rings (SSSR count). The van der Waals surface area contributed by atoms with Crippen molar-refractivity contribution in [1.29, 1.82) is 0 Å². The molecule has 1 amide bonds. The lowest BCUT2D eigenvalue weighted by Crippen LogP contribution is -2.56. The van der Waals surface area contributed by atoms with Gasteiger partial charge in [-0.1, -0.05) is 18.2 Å². The number of hydrogen-bond donors (Lipinski definition) is 1. The molecule has 0 saturated carbocycles. The smallest absolute Gasteiger partial charge is 0.438 e. The summed E-state index contributed by atoms with van der Waals surface area (Å²) in [6.07, 6.45) is -5.80. The molecule has 1 N–H and O–H groups in total. The highest BCUT2D eigenvalue weighted by Gasteiger charge is 2.62. The van der Waals surface area contributed by atoms with Gasteiger partial charge in [-0.05, 0) is 61.7 Å². The number of carbonyl (C=O) groups is 1. The molecule has 0 radical (unpaired) electrons. The standard InChI is InChI=1S/C21H21F3N2O3/c1-13-4-9-18(10-14(13)2)29-12-16-5-7-17(8-6-16)19(27)26-20(28,21(22,23)24)11-15(3)25-26/h4-10,28H,11-12H2,1-3H3/t20-/m0/s1. The van der Waals surface area contributed by atoms with Crippen molar-refractivity contribution in [3.63, 3.8) is 0 Å². The topological polar surface area (TPSA) is 62.1 Å². The van der Waals surface area contributed by atoms with E-state index in [-0.39, 0.29) is 22.9 Å². The number of hydrazone groups is 1. The number of ether oxygens (including phenoxy) is 1. The van der Waals surface area contributed by atoms with Crippen molar-refractivity contribution in [2.45, 2.75) is 45.7 Å². The van der Waals surface area contributed by atoms with Crippen LogP contribution in [0.25, 0.3) is 0 Å². The number of hydrogen-bond acceptors (Lipinski definition) is 4. The molecule has 0 bridgehead atoms. The normalized spacial score (nSPS) is 19.3. The molecule has 0 saturated heterocycles. The maximum atomic E-state index is 13.3. The molecule has 8 heteroatoms. The Bertz CT molecular complexity index is 955. The van der Waals surface area contributed by atoms with Crippen molar-refractivity contribution in [2.75, 3.05) is 0 Å². The van der Waals surface area contributed by atoms with Gasteiger partial charge in [-0.2, -0.15) is 23.3 Å². The van der Waals surface area contributed by atoms with Crippen LogP contribution in [0.4, 0.5) is 13.2 Å². The number of benzene rings is 2. The average Bonchev–Trinajstić information content (AvgIpc) is 2.98. The third kappa shape index (κ3) is 4.12. The predicted molar refractivity (Wildman–Crippen MR) is 102 cm³/mol. The van der Waals surface area contributed by atoms with Crippen LogP contribution in [0.5, 0.6) is 5.75 Å². The largest absolute Gasteiger partial charge is 0.489 e. The number of amides is 1. The average molecular weight is 406 g/mol. The van der Waals surface area contributed by atoms with E-state index in [1.54, 1.807) is 12.1 Å². The van der Waals surface area contributed by atoms with E-state index in [9.17, 15) is 23.1 Å². The van der Waals surface area contributed by atoms with Crippen LogP contribution in [0.3, 0.4) is 0 Å². The summed E-state index contributed by atoms with van der Waals surface area (Å²) in [6, 6.07) is 11.7. The second-order valence-corrected chi connectivity index (χ2v) is 7.18. The molecule has 0 unspecified atom stereocenters. The van der Waals surface area contributed by atoms with Gasteiger partial charge in [-0.25, -0.2) is 0 Å². The highest BCUT2D eigenvalue weighted by Crippen LogP contribution is 2.40. The first-order valence-corrected chi connectivity index (χ1v) is 8.98. The Kier molecular flexibility index (Phi) is 5.40. The fraction of sp³-hybridized carbons (Fsp3) is 0.333. The number of aliphatic hydroxyl groups is 1. The van der Waals surface area contributed by atoms with E-state index >= 15 is 0 Å². The van der Waals surface area contributed by atoms with Crippen LogP contribution in [0.2, 0.25) is 0 Å². The van der Waals surface area contributed by atoms with Crippen LogP contribution >= 0.6 is 0 Å². The number of nitrogens with zero attached hydrogens (tertiary/aromatic N) is 2. The van der Waals surface area contributed by atoms with Crippen molar-refractivity contribution in [3.8, 4) is 5.75 Å². The van der Waals surface area contributed by atoms with Crippen molar-refractivity contribution in [1.82, 2.24) is 5.01 Å². The second-order valence-electron chi connectivity index (χ2n) is 7.18. The fourth-order valence-electron chi connectivity index (χ4n) is 2.99. The first-order chi connectivity index (χ1) is 13.5. The van der Waals surface area contributed by atoms with E-state index in [0.29, 0.717) is 5.75 Å².